The first-order valence-electron chi connectivity index (χ1n) is 6.96. The lowest BCUT2D eigenvalue weighted by Gasteiger charge is -2.38. The zero-order chi connectivity index (χ0) is 15.7. The van der Waals surface area contributed by atoms with Crippen molar-refractivity contribution in [3.63, 3.8) is 0 Å². The van der Waals surface area contributed by atoms with Gasteiger partial charge < -0.3 is 4.90 Å². The van der Waals surface area contributed by atoms with Gasteiger partial charge in [0.05, 0.1) is 10.6 Å². The molecule has 1 aromatic rings. The minimum Gasteiger partial charge on any atom is -0.343 e. The van der Waals surface area contributed by atoms with E-state index in [-0.39, 0.29) is 17.1 Å². The molecular formula is C15H20BrNO3S. The van der Waals surface area contributed by atoms with Crippen LogP contribution in [-0.2, 0) is 14.6 Å². The molecule has 0 N–H and O–H groups in total. The maximum atomic E-state index is 12.5. The van der Waals surface area contributed by atoms with Crippen LogP contribution in [0.25, 0.3) is 0 Å². The molecule has 1 heterocycles. The number of benzene rings is 1. The average molecular weight is 374 g/mol. The Morgan fingerprint density at radius 1 is 1.24 bits per heavy atom. The van der Waals surface area contributed by atoms with Crippen LogP contribution in [0.4, 0.5) is 0 Å². The summed E-state index contributed by atoms with van der Waals surface area (Å²) in [5.74, 6) is 0.195. The molecule has 0 saturated carbocycles. The van der Waals surface area contributed by atoms with Gasteiger partial charge in [-0.3, -0.25) is 4.79 Å². The molecule has 116 valence electrons. The summed E-state index contributed by atoms with van der Waals surface area (Å²) in [5, 5.41) is 0. The van der Waals surface area contributed by atoms with Crippen molar-refractivity contribution in [2.45, 2.75) is 31.6 Å². The highest BCUT2D eigenvalue weighted by Gasteiger charge is 2.35. The van der Waals surface area contributed by atoms with Crippen molar-refractivity contribution < 1.29 is 13.2 Å². The minimum atomic E-state index is -3.30. The lowest BCUT2D eigenvalue weighted by Crippen LogP contribution is -2.43. The molecule has 0 radical (unpaired) electrons. The second kappa shape index (κ2) is 6.08. The van der Waals surface area contributed by atoms with E-state index in [1.54, 1.807) is 36.1 Å². The highest BCUT2D eigenvalue weighted by atomic mass is 79.9. The summed E-state index contributed by atoms with van der Waals surface area (Å²) >= 11 is 3.31. The van der Waals surface area contributed by atoms with E-state index in [1.165, 1.54) is 0 Å². The third kappa shape index (κ3) is 4.07. The Morgan fingerprint density at radius 3 is 2.24 bits per heavy atom. The SMILES string of the molecule is CC(=O)N1CCC(C)(CS(=O)(=O)c2ccc(Br)cc2)CC1. The van der Waals surface area contributed by atoms with Gasteiger partial charge in [0.1, 0.15) is 0 Å². The molecule has 0 atom stereocenters. The standard InChI is InChI=1S/C15H20BrNO3S/c1-12(18)17-9-7-15(2,8-10-17)11-21(19,20)14-5-3-13(16)4-6-14/h3-6H,7-11H2,1-2H3. The minimum absolute atomic E-state index is 0.0628. The number of piperidine rings is 1. The Balaban J connectivity index is 2.10. The van der Waals surface area contributed by atoms with E-state index < -0.39 is 9.84 Å². The Kier molecular flexibility index (Phi) is 4.78. The van der Waals surface area contributed by atoms with Crippen molar-refractivity contribution in [1.82, 2.24) is 4.90 Å². The second-order valence-corrected chi connectivity index (χ2v) is 8.93. The fourth-order valence-electron chi connectivity index (χ4n) is 2.69. The molecule has 0 aromatic heterocycles. The summed E-state index contributed by atoms with van der Waals surface area (Å²) in [6, 6.07) is 6.75. The number of carbonyl (C=O) groups excluding carboxylic acids is 1. The molecule has 2 rings (SSSR count). The molecule has 0 spiro atoms. The summed E-state index contributed by atoms with van der Waals surface area (Å²) in [6.45, 7) is 4.84. The van der Waals surface area contributed by atoms with Gasteiger partial charge in [-0.15, -0.1) is 0 Å². The van der Waals surface area contributed by atoms with Gasteiger partial charge in [-0.25, -0.2) is 8.42 Å². The molecule has 0 unspecified atom stereocenters. The molecule has 0 bridgehead atoms. The number of likely N-dealkylation sites (tertiary alicyclic amines) is 1. The molecule has 6 heteroatoms. The molecule has 1 aliphatic rings. The third-order valence-corrected chi connectivity index (χ3v) is 6.72. The van der Waals surface area contributed by atoms with Crippen LogP contribution < -0.4 is 0 Å². The van der Waals surface area contributed by atoms with Gasteiger partial charge in [-0.1, -0.05) is 22.9 Å². The van der Waals surface area contributed by atoms with Gasteiger partial charge in [0.25, 0.3) is 0 Å². The molecule has 21 heavy (non-hydrogen) atoms. The summed E-state index contributed by atoms with van der Waals surface area (Å²) < 4.78 is 25.9. The van der Waals surface area contributed by atoms with Crippen molar-refractivity contribution >= 4 is 31.7 Å². The van der Waals surface area contributed by atoms with Crippen LogP contribution >= 0.6 is 15.9 Å². The number of amides is 1. The van der Waals surface area contributed by atoms with Gasteiger partial charge in [0, 0.05) is 24.5 Å². The fraction of sp³-hybridized carbons (Fsp3) is 0.533. The maximum Gasteiger partial charge on any atom is 0.219 e. The van der Waals surface area contributed by atoms with Crippen LogP contribution in [0.2, 0.25) is 0 Å². The molecule has 1 aromatic carbocycles. The summed E-state index contributed by atoms with van der Waals surface area (Å²) in [6.07, 6.45) is 1.45. The predicted molar refractivity (Wildman–Crippen MR) is 85.8 cm³/mol. The van der Waals surface area contributed by atoms with E-state index >= 15 is 0 Å². The lowest BCUT2D eigenvalue weighted by atomic mass is 9.82. The number of hydrogen-bond acceptors (Lipinski definition) is 3. The number of halogens is 1. The van der Waals surface area contributed by atoms with Crippen LogP contribution in [0, 0.1) is 5.41 Å². The van der Waals surface area contributed by atoms with Crippen molar-refractivity contribution in [3.8, 4) is 0 Å². The van der Waals surface area contributed by atoms with E-state index in [2.05, 4.69) is 15.9 Å². The summed E-state index contributed by atoms with van der Waals surface area (Å²) in [7, 11) is -3.30. The van der Waals surface area contributed by atoms with E-state index in [0.29, 0.717) is 18.0 Å². The van der Waals surface area contributed by atoms with Crippen molar-refractivity contribution in [2.75, 3.05) is 18.8 Å². The number of hydrogen-bond donors (Lipinski definition) is 0. The quantitative estimate of drug-likeness (QED) is 0.818. The number of rotatable bonds is 3. The molecule has 1 aliphatic heterocycles. The van der Waals surface area contributed by atoms with E-state index in [1.807, 2.05) is 6.92 Å². The fourth-order valence-corrected chi connectivity index (χ4v) is 4.88. The Bertz CT molecular complexity index is 617. The van der Waals surface area contributed by atoms with Crippen LogP contribution in [0.15, 0.2) is 33.6 Å². The van der Waals surface area contributed by atoms with Crippen LogP contribution in [0.3, 0.4) is 0 Å². The topological polar surface area (TPSA) is 54.5 Å². The number of carbonyl (C=O) groups is 1. The first kappa shape index (κ1) is 16.5. The van der Waals surface area contributed by atoms with Crippen molar-refractivity contribution in [1.29, 1.82) is 0 Å². The smallest absolute Gasteiger partial charge is 0.219 e. The predicted octanol–water partition coefficient (Wildman–Crippen LogP) is 2.87. The normalized spacial score (nSPS) is 18.5. The zero-order valence-corrected chi connectivity index (χ0v) is 14.7. The molecule has 4 nitrogen and oxygen atoms in total. The maximum absolute atomic E-state index is 12.5. The van der Waals surface area contributed by atoms with Crippen molar-refractivity contribution in [2.24, 2.45) is 5.41 Å². The van der Waals surface area contributed by atoms with Gasteiger partial charge in [0.2, 0.25) is 5.91 Å². The van der Waals surface area contributed by atoms with Crippen LogP contribution in [0.5, 0.6) is 0 Å². The third-order valence-electron chi connectivity index (χ3n) is 4.13. The highest BCUT2D eigenvalue weighted by molar-refractivity contribution is 9.10. The van der Waals surface area contributed by atoms with Gasteiger partial charge in [-0.2, -0.15) is 0 Å². The van der Waals surface area contributed by atoms with E-state index in [9.17, 15) is 13.2 Å². The second-order valence-electron chi connectivity index (χ2n) is 6.03. The van der Waals surface area contributed by atoms with Crippen LogP contribution in [-0.4, -0.2) is 38.1 Å². The first-order chi connectivity index (χ1) is 9.72. The molecule has 0 aliphatic carbocycles. The summed E-state index contributed by atoms with van der Waals surface area (Å²) in [5.41, 5.74) is -0.266. The van der Waals surface area contributed by atoms with Crippen molar-refractivity contribution in [3.05, 3.63) is 28.7 Å². The van der Waals surface area contributed by atoms with Crippen LogP contribution in [0.1, 0.15) is 26.7 Å². The Hall–Kier alpha value is -0.880. The molecule has 1 fully saturated rings. The lowest BCUT2D eigenvalue weighted by molar-refractivity contribution is -0.130. The average Bonchev–Trinajstić information content (AvgIpc) is 2.38. The Morgan fingerprint density at radius 2 is 1.76 bits per heavy atom. The first-order valence-corrected chi connectivity index (χ1v) is 9.40. The van der Waals surface area contributed by atoms with Gasteiger partial charge >= 0.3 is 0 Å². The number of nitrogens with zero attached hydrogens (tertiary/aromatic N) is 1. The van der Waals surface area contributed by atoms with Gasteiger partial charge in [0.15, 0.2) is 9.84 Å². The molecule has 1 saturated heterocycles. The monoisotopic (exact) mass is 373 g/mol. The van der Waals surface area contributed by atoms with Gasteiger partial charge in [-0.05, 0) is 42.5 Å². The molecular weight excluding hydrogens is 354 g/mol. The largest absolute Gasteiger partial charge is 0.343 e. The van der Waals surface area contributed by atoms with E-state index in [0.717, 1.165) is 17.3 Å². The molecule has 1 amide bonds. The van der Waals surface area contributed by atoms with E-state index in [4.69, 9.17) is 0 Å². The summed E-state index contributed by atoms with van der Waals surface area (Å²) in [4.78, 5) is 13.5. The highest BCUT2D eigenvalue weighted by Crippen LogP contribution is 2.34. The Labute approximate surface area is 134 Å². The zero-order valence-electron chi connectivity index (χ0n) is 12.3. The number of sulfone groups is 1.